The number of ether oxygens (including phenoxy) is 2. The number of nitrogen functional groups attached to an aromatic ring is 1. The molecule has 1 amide bonds. The molecule has 0 aliphatic carbocycles. The smallest absolute Gasteiger partial charge is 0.265 e. The highest BCUT2D eigenvalue weighted by Crippen LogP contribution is 2.34. The van der Waals surface area contributed by atoms with Gasteiger partial charge < -0.3 is 20.1 Å². The fourth-order valence-corrected chi connectivity index (χ4v) is 2.61. The Bertz CT molecular complexity index is 484. The van der Waals surface area contributed by atoms with E-state index in [9.17, 15) is 4.79 Å². The van der Waals surface area contributed by atoms with Crippen molar-refractivity contribution >= 4 is 17.3 Å². The first-order chi connectivity index (χ1) is 9.24. The molecule has 0 saturated carbocycles. The fourth-order valence-electron chi connectivity index (χ4n) is 2.61. The number of nitrogens with zero attached hydrogens (tertiary/aromatic N) is 1. The van der Waals surface area contributed by atoms with Crippen LogP contribution in [0.25, 0.3) is 0 Å². The predicted octanol–water partition coefficient (Wildman–Crippen LogP) is 1.56. The number of hydrogen-bond acceptors (Lipinski definition) is 4. The molecular weight excluding hydrogens is 244 g/mol. The van der Waals surface area contributed by atoms with Gasteiger partial charge in [0.1, 0.15) is 5.75 Å². The standard InChI is InChI=1S/C14H18N2O3/c15-10-3-4-12-13(8-10)19-9-14(17)16(12)6-5-11-2-1-7-18-11/h3-4,8,11H,1-2,5-7,9,15H2. The first-order valence-electron chi connectivity index (χ1n) is 6.68. The Hall–Kier alpha value is -1.75. The summed E-state index contributed by atoms with van der Waals surface area (Å²) >= 11 is 0. The normalized spacial score (nSPS) is 22.2. The van der Waals surface area contributed by atoms with Crippen LogP contribution in [0.5, 0.6) is 5.75 Å². The van der Waals surface area contributed by atoms with E-state index in [2.05, 4.69) is 0 Å². The van der Waals surface area contributed by atoms with Gasteiger partial charge in [-0.05, 0) is 31.4 Å². The highest BCUT2D eigenvalue weighted by Gasteiger charge is 2.26. The zero-order valence-electron chi connectivity index (χ0n) is 10.8. The maximum Gasteiger partial charge on any atom is 0.265 e. The molecule has 0 radical (unpaired) electrons. The van der Waals surface area contributed by atoms with Gasteiger partial charge >= 0.3 is 0 Å². The third-order valence-corrected chi connectivity index (χ3v) is 3.63. The molecule has 1 atom stereocenters. The van der Waals surface area contributed by atoms with Crippen molar-refractivity contribution in [1.29, 1.82) is 0 Å². The van der Waals surface area contributed by atoms with E-state index in [1.165, 1.54) is 0 Å². The molecule has 0 spiro atoms. The quantitative estimate of drug-likeness (QED) is 0.840. The molecule has 0 bridgehead atoms. The van der Waals surface area contributed by atoms with E-state index < -0.39 is 0 Å². The van der Waals surface area contributed by atoms with Crippen molar-refractivity contribution < 1.29 is 14.3 Å². The number of nitrogens with two attached hydrogens (primary N) is 1. The van der Waals surface area contributed by atoms with Crippen molar-refractivity contribution in [2.75, 3.05) is 30.4 Å². The molecule has 1 aromatic carbocycles. The number of fused-ring (bicyclic) bond motifs is 1. The van der Waals surface area contributed by atoms with Crippen molar-refractivity contribution in [3.8, 4) is 5.75 Å². The Balaban J connectivity index is 1.74. The zero-order valence-corrected chi connectivity index (χ0v) is 10.8. The van der Waals surface area contributed by atoms with Gasteiger partial charge in [-0.1, -0.05) is 0 Å². The summed E-state index contributed by atoms with van der Waals surface area (Å²) in [5.74, 6) is 0.683. The monoisotopic (exact) mass is 262 g/mol. The highest BCUT2D eigenvalue weighted by atomic mass is 16.5. The van der Waals surface area contributed by atoms with Gasteiger partial charge in [0, 0.05) is 24.9 Å². The van der Waals surface area contributed by atoms with Crippen LogP contribution < -0.4 is 15.4 Å². The van der Waals surface area contributed by atoms with Crippen LogP contribution in [0, 0.1) is 0 Å². The minimum Gasteiger partial charge on any atom is -0.481 e. The Labute approximate surface area is 112 Å². The summed E-state index contributed by atoms with van der Waals surface area (Å²) < 4.78 is 11.0. The van der Waals surface area contributed by atoms with E-state index >= 15 is 0 Å². The number of carbonyl (C=O) groups is 1. The number of anilines is 2. The lowest BCUT2D eigenvalue weighted by Crippen LogP contribution is -2.40. The van der Waals surface area contributed by atoms with Crippen LogP contribution in [0.4, 0.5) is 11.4 Å². The fraction of sp³-hybridized carbons (Fsp3) is 0.500. The molecule has 19 heavy (non-hydrogen) atoms. The van der Waals surface area contributed by atoms with Gasteiger partial charge in [0.25, 0.3) is 5.91 Å². The third kappa shape index (κ3) is 2.51. The largest absolute Gasteiger partial charge is 0.481 e. The predicted molar refractivity (Wildman–Crippen MR) is 72.3 cm³/mol. The minimum atomic E-state index is -0.00438. The van der Waals surface area contributed by atoms with E-state index in [4.69, 9.17) is 15.2 Å². The van der Waals surface area contributed by atoms with Crippen molar-refractivity contribution in [1.82, 2.24) is 0 Å². The summed E-state index contributed by atoms with van der Waals surface area (Å²) in [6, 6.07) is 5.40. The van der Waals surface area contributed by atoms with Gasteiger partial charge in [0.15, 0.2) is 6.61 Å². The SMILES string of the molecule is Nc1ccc2c(c1)OCC(=O)N2CCC1CCCO1. The van der Waals surface area contributed by atoms with Crippen LogP contribution in [-0.4, -0.2) is 31.8 Å². The number of carbonyl (C=O) groups excluding carboxylic acids is 1. The summed E-state index contributed by atoms with van der Waals surface area (Å²) in [7, 11) is 0. The van der Waals surface area contributed by atoms with Crippen LogP contribution in [0.1, 0.15) is 19.3 Å². The first-order valence-corrected chi connectivity index (χ1v) is 6.68. The number of rotatable bonds is 3. The van der Waals surface area contributed by atoms with Gasteiger partial charge in [-0.2, -0.15) is 0 Å². The van der Waals surface area contributed by atoms with Gasteiger partial charge in [-0.25, -0.2) is 0 Å². The number of hydrogen-bond donors (Lipinski definition) is 1. The zero-order chi connectivity index (χ0) is 13.2. The molecule has 0 aromatic heterocycles. The lowest BCUT2D eigenvalue weighted by molar-refractivity contribution is -0.121. The Morgan fingerprint density at radius 2 is 2.32 bits per heavy atom. The molecule has 2 aliphatic rings. The van der Waals surface area contributed by atoms with E-state index in [1.54, 1.807) is 17.0 Å². The van der Waals surface area contributed by atoms with Crippen LogP contribution in [0.3, 0.4) is 0 Å². The number of amides is 1. The molecule has 1 saturated heterocycles. The van der Waals surface area contributed by atoms with Crippen molar-refractivity contribution in [2.24, 2.45) is 0 Å². The molecule has 2 aliphatic heterocycles. The second-order valence-corrected chi connectivity index (χ2v) is 4.98. The summed E-state index contributed by atoms with van der Waals surface area (Å²) in [5, 5.41) is 0. The topological polar surface area (TPSA) is 64.8 Å². The molecule has 1 aromatic rings. The average molecular weight is 262 g/mol. The van der Waals surface area contributed by atoms with Crippen LogP contribution >= 0.6 is 0 Å². The van der Waals surface area contributed by atoms with Crippen LogP contribution in [0.15, 0.2) is 18.2 Å². The molecule has 1 unspecified atom stereocenters. The maximum absolute atomic E-state index is 12.0. The van der Waals surface area contributed by atoms with E-state index in [1.807, 2.05) is 6.07 Å². The van der Waals surface area contributed by atoms with E-state index in [-0.39, 0.29) is 18.6 Å². The molecule has 3 rings (SSSR count). The molecule has 2 N–H and O–H groups in total. The van der Waals surface area contributed by atoms with Crippen molar-refractivity contribution in [3.63, 3.8) is 0 Å². The van der Waals surface area contributed by atoms with Gasteiger partial charge in [0.05, 0.1) is 11.8 Å². The highest BCUT2D eigenvalue weighted by molar-refractivity contribution is 5.98. The maximum atomic E-state index is 12.0. The Morgan fingerprint density at radius 1 is 1.42 bits per heavy atom. The molecule has 2 heterocycles. The lowest BCUT2D eigenvalue weighted by Gasteiger charge is -2.30. The van der Waals surface area contributed by atoms with E-state index in [0.717, 1.165) is 31.6 Å². The minimum absolute atomic E-state index is 0.00438. The Kier molecular flexibility index (Phi) is 3.29. The summed E-state index contributed by atoms with van der Waals surface area (Å²) in [5.41, 5.74) is 7.19. The van der Waals surface area contributed by atoms with Crippen molar-refractivity contribution in [3.05, 3.63) is 18.2 Å². The second kappa shape index (κ2) is 5.09. The molecule has 1 fully saturated rings. The number of benzene rings is 1. The second-order valence-electron chi connectivity index (χ2n) is 4.98. The van der Waals surface area contributed by atoms with Crippen LogP contribution in [-0.2, 0) is 9.53 Å². The lowest BCUT2D eigenvalue weighted by atomic mass is 10.1. The van der Waals surface area contributed by atoms with Crippen LogP contribution in [0.2, 0.25) is 0 Å². The molecule has 5 heteroatoms. The molecular formula is C14H18N2O3. The van der Waals surface area contributed by atoms with Gasteiger partial charge in [-0.15, -0.1) is 0 Å². The summed E-state index contributed by atoms with van der Waals surface area (Å²) in [6.07, 6.45) is 3.37. The summed E-state index contributed by atoms with van der Waals surface area (Å²) in [4.78, 5) is 13.8. The molecule has 102 valence electrons. The third-order valence-electron chi connectivity index (χ3n) is 3.63. The van der Waals surface area contributed by atoms with Crippen molar-refractivity contribution in [2.45, 2.75) is 25.4 Å². The van der Waals surface area contributed by atoms with Gasteiger partial charge in [-0.3, -0.25) is 4.79 Å². The average Bonchev–Trinajstić information content (AvgIpc) is 2.91. The van der Waals surface area contributed by atoms with E-state index in [0.29, 0.717) is 18.0 Å². The van der Waals surface area contributed by atoms with Gasteiger partial charge in [0.2, 0.25) is 0 Å². The first kappa shape index (κ1) is 12.3. The molecule has 5 nitrogen and oxygen atoms in total. The summed E-state index contributed by atoms with van der Waals surface area (Å²) in [6.45, 7) is 1.60. The Morgan fingerprint density at radius 3 is 3.11 bits per heavy atom.